The van der Waals surface area contributed by atoms with E-state index in [4.69, 9.17) is 11.1 Å². The number of amides is 2. The Morgan fingerprint density at radius 2 is 1.75 bits per heavy atom. The molecule has 6 N–H and O–H groups in total. The second kappa shape index (κ2) is 10.7. The fourth-order valence-corrected chi connectivity index (χ4v) is 4.11. The topological polar surface area (TPSA) is 149 Å². The highest BCUT2D eigenvalue weighted by Crippen LogP contribution is 2.26. The van der Waals surface area contributed by atoms with Gasteiger partial charge in [-0.15, -0.1) is 0 Å². The summed E-state index contributed by atoms with van der Waals surface area (Å²) in [5, 5.41) is 22.7. The van der Waals surface area contributed by atoms with E-state index in [0.29, 0.717) is 35.5 Å². The molecule has 36 heavy (non-hydrogen) atoms. The van der Waals surface area contributed by atoms with Gasteiger partial charge >= 0.3 is 5.97 Å². The van der Waals surface area contributed by atoms with Crippen molar-refractivity contribution in [1.82, 2.24) is 4.90 Å². The number of carboxylic acid groups (broad SMARTS) is 1. The van der Waals surface area contributed by atoms with Crippen LogP contribution < -0.4 is 16.4 Å². The molecule has 3 aromatic carbocycles. The SMILES string of the molecule is N=C(N)c1ccc(NC(=O)c2ccc3c(c2)CN(CCc2ccccc2)C(=O)[C@H](CC(=O)O)N3)cc1. The highest BCUT2D eigenvalue weighted by atomic mass is 16.4. The average Bonchev–Trinajstić information content (AvgIpc) is 2.99. The fraction of sp³-hybridized carbons (Fsp3) is 0.185. The number of nitrogen functional groups attached to an aromatic ring is 1. The van der Waals surface area contributed by atoms with Crippen LogP contribution in [0.5, 0.6) is 0 Å². The summed E-state index contributed by atoms with van der Waals surface area (Å²) >= 11 is 0. The third-order valence-electron chi connectivity index (χ3n) is 6.01. The Hall–Kier alpha value is -4.66. The van der Waals surface area contributed by atoms with Gasteiger partial charge in [0.25, 0.3) is 5.91 Å². The van der Waals surface area contributed by atoms with Crippen molar-refractivity contribution in [3.8, 4) is 0 Å². The Labute approximate surface area is 208 Å². The van der Waals surface area contributed by atoms with Gasteiger partial charge < -0.3 is 26.4 Å². The van der Waals surface area contributed by atoms with E-state index in [0.717, 1.165) is 11.1 Å². The van der Waals surface area contributed by atoms with Crippen molar-refractivity contribution >= 4 is 35.0 Å². The first-order chi connectivity index (χ1) is 17.3. The summed E-state index contributed by atoms with van der Waals surface area (Å²) in [4.78, 5) is 39.2. The lowest BCUT2D eigenvalue weighted by atomic mass is 10.1. The molecule has 184 valence electrons. The van der Waals surface area contributed by atoms with Crippen molar-refractivity contribution in [2.24, 2.45) is 5.73 Å². The summed E-state index contributed by atoms with van der Waals surface area (Å²) in [6.45, 7) is 0.664. The van der Waals surface area contributed by atoms with Crippen molar-refractivity contribution < 1.29 is 19.5 Å². The molecule has 0 spiro atoms. The minimum Gasteiger partial charge on any atom is -0.481 e. The largest absolute Gasteiger partial charge is 0.481 e. The molecule has 9 nitrogen and oxygen atoms in total. The molecule has 0 unspecified atom stereocenters. The fourth-order valence-electron chi connectivity index (χ4n) is 4.11. The number of carbonyl (C=O) groups excluding carboxylic acids is 2. The van der Waals surface area contributed by atoms with Gasteiger partial charge in [0, 0.05) is 35.6 Å². The summed E-state index contributed by atoms with van der Waals surface area (Å²) in [5.74, 6) is -1.75. The lowest BCUT2D eigenvalue weighted by Crippen LogP contribution is -2.42. The van der Waals surface area contributed by atoms with Gasteiger partial charge in [-0.2, -0.15) is 0 Å². The number of carbonyl (C=O) groups is 3. The zero-order valence-corrected chi connectivity index (χ0v) is 19.5. The summed E-state index contributed by atoms with van der Waals surface area (Å²) in [5.41, 5.74) is 9.41. The average molecular weight is 486 g/mol. The quantitative estimate of drug-likeness (QED) is 0.245. The second-order valence-electron chi connectivity index (χ2n) is 8.61. The number of fused-ring (bicyclic) bond motifs is 1. The molecule has 4 rings (SSSR count). The number of amidine groups is 1. The highest BCUT2D eigenvalue weighted by molar-refractivity contribution is 6.05. The molecule has 0 aliphatic carbocycles. The van der Waals surface area contributed by atoms with E-state index in [1.54, 1.807) is 47.4 Å². The molecular weight excluding hydrogens is 458 g/mol. The van der Waals surface area contributed by atoms with Crippen LogP contribution in [0.25, 0.3) is 0 Å². The number of hydrogen-bond donors (Lipinski definition) is 5. The molecule has 1 aliphatic rings. The van der Waals surface area contributed by atoms with Crippen molar-refractivity contribution in [2.45, 2.75) is 25.4 Å². The van der Waals surface area contributed by atoms with E-state index in [-0.39, 0.29) is 30.6 Å². The van der Waals surface area contributed by atoms with Gasteiger partial charge in [0.1, 0.15) is 11.9 Å². The molecule has 0 radical (unpaired) electrons. The molecule has 1 heterocycles. The number of benzene rings is 3. The molecule has 1 atom stereocenters. The second-order valence-corrected chi connectivity index (χ2v) is 8.61. The van der Waals surface area contributed by atoms with Gasteiger partial charge in [0.05, 0.1) is 6.42 Å². The van der Waals surface area contributed by atoms with Crippen molar-refractivity contribution in [2.75, 3.05) is 17.2 Å². The summed E-state index contributed by atoms with van der Waals surface area (Å²) < 4.78 is 0. The maximum absolute atomic E-state index is 13.2. The number of nitrogens with zero attached hydrogens (tertiary/aromatic N) is 1. The molecular formula is C27H27N5O4. The minimum absolute atomic E-state index is 0.0568. The Morgan fingerprint density at radius 1 is 1.06 bits per heavy atom. The van der Waals surface area contributed by atoms with Crippen LogP contribution in [0.3, 0.4) is 0 Å². The normalized spacial score (nSPS) is 14.8. The summed E-state index contributed by atoms with van der Waals surface area (Å²) in [6.07, 6.45) is 0.275. The number of aliphatic carboxylic acids is 1. The highest BCUT2D eigenvalue weighted by Gasteiger charge is 2.31. The zero-order chi connectivity index (χ0) is 25.7. The molecule has 0 aromatic heterocycles. The first-order valence-electron chi connectivity index (χ1n) is 11.5. The van der Waals surface area contributed by atoms with Gasteiger partial charge in [-0.25, -0.2) is 0 Å². The van der Waals surface area contributed by atoms with Crippen molar-refractivity contribution in [1.29, 1.82) is 5.41 Å². The van der Waals surface area contributed by atoms with E-state index in [9.17, 15) is 19.5 Å². The van der Waals surface area contributed by atoms with Gasteiger partial charge in [0.15, 0.2) is 0 Å². The van der Waals surface area contributed by atoms with E-state index in [1.807, 2.05) is 30.3 Å². The van der Waals surface area contributed by atoms with E-state index in [1.165, 1.54) is 0 Å². The number of nitrogens with one attached hydrogen (secondary N) is 3. The van der Waals surface area contributed by atoms with Crippen LogP contribution in [0.15, 0.2) is 72.8 Å². The van der Waals surface area contributed by atoms with Crippen molar-refractivity contribution in [3.05, 3.63) is 95.1 Å². The maximum Gasteiger partial charge on any atom is 0.305 e. The van der Waals surface area contributed by atoms with E-state index < -0.39 is 12.0 Å². The van der Waals surface area contributed by atoms with Crippen LogP contribution in [-0.4, -0.2) is 46.2 Å². The monoisotopic (exact) mass is 485 g/mol. The Kier molecular flexibility index (Phi) is 7.29. The lowest BCUT2D eigenvalue weighted by molar-refractivity contribution is -0.141. The predicted octanol–water partition coefficient (Wildman–Crippen LogP) is 3.06. The standard InChI is InChI=1S/C27H27N5O4/c28-25(29)18-6-9-21(10-7-18)30-26(35)19-8-11-22-20(14-19)16-32(13-12-17-4-2-1-3-5-17)27(36)23(31-22)15-24(33)34/h1-11,14,23,31H,12-13,15-16H2,(H3,28,29)(H,30,35)(H,33,34)/t23-/m0/s1. The van der Waals surface area contributed by atoms with E-state index in [2.05, 4.69) is 10.6 Å². The number of carboxylic acids is 1. The Bertz CT molecular complexity index is 1290. The van der Waals surface area contributed by atoms with Gasteiger partial charge in [0.2, 0.25) is 5.91 Å². The van der Waals surface area contributed by atoms with Crippen molar-refractivity contribution in [3.63, 3.8) is 0 Å². The molecule has 0 saturated carbocycles. The van der Waals surface area contributed by atoms with E-state index >= 15 is 0 Å². The van der Waals surface area contributed by atoms with Gasteiger partial charge in [-0.05, 0) is 60.0 Å². The molecule has 1 aliphatic heterocycles. The van der Waals surface area contributed by atoms with Gasteiger partial charge in [-0.3, -0.25) is 19.8 Å². The minimum atomic E-state index is -1.07. The number of anilines is 2. The molecule has 9 heteroatoms. The zero-order valence-electron chi connectivity index (χ0n) is 19.5. The number of rotatable bonds is 8. The molecule has 2 amide bonds. The third kappa shape index (κ3) is 5.87. The first-order valence-corrected chi connectivity index (χ1v) is 11.5. The van der Waals surface area contributed by atoms with Crippen LogP contribution in [0, 0.1) is 5.41 Å². The molecule has 0 bridgehead atoms. The molecule has 0 saturated heterocycles. The van der Waals surface area contributed by atoms with Crippen LogP contribution in [0.1, 0.15) is 33.5 Å². The molecule has 0 fully saturated rings. The smallest absolute Gasteiger partial charge is 0.305 e. The molecule has 3 aromatic rings. The Morgan fingerprint density at radius 3 is 2.42 bits per heavy atom. The summed E-state index contributed by atoms with van der Waals surface area (Å²) in [7, 11) is 0. The van der Waals surface area contributed by atoms with Crippen LogP contribution in [-0.2, 0) is 22.6 Å². The lowest BCUT2D eigenvalue weighted by Gasteiger charge is -2.24. The summed E-state index contributed by atoms with van der Waals surface area (Å²) in [6, 6.07) is 20.5. The maximum atomic E-state index is 13.2. The van der Waals surface area contributed by atoms with Crippen LogP contribution in [0.2, 0.25) is 0 Å². The Balaban J connectivity index is 1.55. The van der Waals surface area contributed by atoms with Crippen LogP contribution >= 0.6 is 0 Å². The first kappa shape index (κ1) is 24.5. The third-order valence-corrected chi connectivity index (χ3v) is 6.01. The number of hydrogen-bond acceptors (Lipinski definition) is 5. The van der Waals surface area contributed by atoms with Gasteiger partial charge in [-0.1, -0.05) is 30.3 Å². The number of nitrogens with two attached hydrogens (primary N) is 1. The van der Waals surface area contributed by atoms with Crippen LogP contribution in [0.4, 0.5) is 11.4 Å². The predicted molar refractivity (Wildman–Crippen MR) is 137 cm³/mol.